The van der Waals surface area contributed by atoms with E-state index in [1.54, 1.807) is 0 Å². The van der Waals surface area contributed by atoms with Crippen molar-refractivity contribution in [3.63, 3.8) is 0 Å². The van der Waals surface area contributed by atoms with Crippen LogP contribution in [0.3, 0.4) is 0 Å². The molecule has 1 aliphatic carbocycles. The summed E-state index contributed by atoms with van der Waals surface area (Å²) in [4.78, 5) is 14.5. The minimum absolute atomic E-state index is 0.131. The Bertz CT molecular complexity index is 414. The molecule has 0 bridgehead atoms. The summed E-state index contributed by atoms with van der Waals surface area (Å²) in [5.41, 5.74) is 1.05. The maximum Gasteiger partial charge on any atom is 0.314 e. The minimum atomic E-state index is -0.175. The average Bonchev–Trinajstić information content (AvgIpc) is 3.29. The van der Waals surface area contributed by atoms with Gasteiger partial charge in [0, 0.05) is 13.1 Å². The average molecular weight is 275 g/mol. The van der Waals surface area contributed by atoms with Crippen molar-refractivity contribution in [2.24, 2.45) is 5.92 Å². The van der Waals surface area contributed by atoms with Crippen LogP contribution in [-0.2, 0) is 9.53 Å². The fraction of sp³-hybridized carbons (Fsp3) is 0.588. The Morgan fingerprint density at radius 3 is 2.60 bits per heavy atom. The summed E-state index contributed by atoms with van der Waals surface area (Å²) < 4.78 is 5.00. The third kappa shape index (κ3) is 4.34. The molecule has 0 saturated heterocycles. The second-order valence-corrected chi connectivity index (χ2v) is 5.69. The lowest BCUT2D eigenvalue weighted by atomic mass is 9.98. The van der Waals surface area contributed by atoms with Crippen LogP contribution < -0.4 is 0 Å². The Balaban J connectivity index is 2.06. The van der Waals surface area contributed by atoms with Gasteiger partial charge in [-0.3, -0.25) is 4.79 Å². The van der Waals surface area contributed by atoms with E-state index in [0.717, 1.165) is 37.5 Å². The molecule has 3 heteroatoms. The molecule has 1 aromatic carbocycles. The molecule has 0 N–H and O–H groups in total. The molecule has 110 valence electrons. The van der Waals surface area contributed by atoms with Gasteiger partial charge in [-0.15, -0.1) is 0 Å². The maximum atomic E-state index is 12.1. The number of methoxy groups -OCH3 is 1. The molecule has 0 aromatic heterocycles. The molecular weight excluding hydrogens is 250 g/mol. The highest BCUT2D eigenvalue weighted by Crippen LogP contribution is 2.30. The summed E-state index contributed by atoms with van der Waals surface area (Å²) in [6.07, 6.45) is 3.80. The van der Waals surface area contributed by atoms with Crippen molar-refractivity contribution in [2.75, 3.05) is 26.7 Å². The predicted molar refractivity (Wildman–Crippen MR) is 80.7 cm³/mol. The van der Waals surface area contributed by atoms with Gasteiger partial charge in [-0.2, -0.15) is 0 Å². The van der Waals surface area contributed by atoms with Crippen LogP contribution in [0.4, 0.5) is 0 Å². The zero-order chi connectivity index (χ0) is 14.4. The van der Waals surface area contributed by atoms with Crippen molar-refractivity contribution in [2.45, 2.75) is 32.1 Å². The van der Waals surface area contributed by atoms with Crippen molar-refractivity contribution in [1.82, 2.24) is 4.90 Å². The number of esters is 1. The van der Waals surface area contributed by atoms with Crippen LogP contribution in [0.5, 0.6) is 0 Å². The second-order valence-electron chi connectivity index (χ2n) is 5.69. The summed E-state index contributed by atoms with van der Waals surface area (Å²) in [6.45, 7) is 5.13. The van der Waals surface area contributed by atoms with Crippen molar-refractivity contribution < 1.29 is 9.53 Å². The zero-order valence-electron chi connectivity index (χ0n) is 12.5. The summed E-state index contributed by atoms with van der Waals surface area (Å²) in [5, 5.41) is 0. The molecule has 1 fully saturated rings. The van der Waals surface area contributed by atoms with Crippen LogP contribution >= 0.6 is 0 Å². The molecule has 1 unspecified atom stereocenters. The van der Waals surface area contributed by atoms with Crippen molar-refractivity contribution in [3.05, 3.63) is 35.9 Å². The molecule has 20 heavy (non-hydrogen) atoms. The fourth-order valence-electron chi connectivity index (χ4n) is 2.64. The first kappa shape index (κ1) is 15.0. The molecule has 2 rings (SSSR count). The number of hydrogen-bond donors (Lipinski definition) is 0. The summed E-state index contributed by atoms with van der Waals surface area (Å²) in [7, 11) is 1.48. The van der Waals surface area contributed by atoms with E-state index in [4.69, 9.17) is 4.74 Å². The summed E-state index contributed by atoms with van der Waals surface area (Å²) in [5.74, 6) is 0.537. The Morgan fingerprint density at radius 2 is 2.05 bits per heavy atom. The third-order valence-electron chi connectivity index (χ3n) is 3.88. The van der Waals surface area contributed by atoms with E-state index < -0.39 is 0 Å². The highest BCUT2D eigenvalue weighted by molar-refractivity contribution is 5.78. The van der Waals surface area contributed by atoms with Crippen LogP contribution in [0.2, 0.25) is 0 Å². The number of hydrogen-bond acceptors (Lipinski definition) is 3. The van der Waals surface area contributed by atoms with Gasteiger partial charge in [0.25, 0.3) is 0 Å². The Labute approximate surface area is 121 Å². The molecule has 0 spiro atoms. The lowest BCUT2D eigenvalue weighted by Crippen LogP contribution is -2.34. The van der Waals surface area contributed by atoms with E-state index >= 15 is 0 Å². The van der Waals surface area contributed by atoms with E-state index in [0.29, 0.717) is 0 Å². The lowest BCUT2D eigenvalue weighted by Gasteiger charge is -2.26. The molecule has 0 aliphatic heterocycles. The Morgan fingerprint density at radius 1 is 1.35 bits per heavy atom. The molecule has 1 atom stereocenters. The Hall–Kier alpha value is -1.35. The molecular formula is C17H25NO2. The first-order valence-electron chi connectivity index (χ1n) is 7.59. The molecule has 3 nitrogen and oxygen atoms in total. The second kappa shape index (κ2) is 7.44. The summed E-state index contributed by atoms with van der Waals surface area (Å²) in [6, 6.07) is 9.98. The number of carbonyl (C=O) groups excluding carboxylic acids is 1. The largest absolute Gasteiger partial charge is 0.469 e. The first-order chi connectivity index (χ1) is 9.74. The smallest absolute Gasteiger partial charge is 0.314 e. The van der Waals surface area contributed by atoms with Gasteiger partial charge in [-0.25, -0.2) is 0 Å². The molecule has 1 saturated carbocycles. The normalized spacial score (nSPS) is 16.1. The monoisotopic (exact) mass is 275 g/mol. The van der Waals surface area contributed by atoms with Crippen molar-refractivity contribution in [1.29, 1.82) is 0 Å². The molecule has 0 heterocycles. The highest BCUT2D eigenvalue weighted by Gasteiger charge is 2.28. The quantitative estimate of drug-likeness (QED) is 0.683. The van der Waals surface area contributed by atoms with Crippen molar-refractivity contribution >= 4 is 5.97 Å². The van der Waals surface area contributed by atoms with E-state index in [2.05, 4.69) is 11.8 Å². The van der Waals surface area contributed by atoms with Gasteiger partial charge in [-0.1, -0.05) is 37.3 Å². The number of nitrogens with zero attached hydrogens (tertiary/aromatic N) is 1. The van der Waals surface area contributed by atoms with Gasteiger partial charge in [0.15, 0.2) is 0 Å². The van der Waals surface area contributed by atoms with E-state index in [9.17, 15) is 4.79 Å². The SMILES string of the molecule is CCCN(CC1CC1)CC(C(=O)OC)c1ccccc1. The lowest BCUT2D eigenvalue weighted by molar-refractivity contribution is -0.143. The number of rotatable bonds is 8. The van der Waals surface area contributed by atoms with Gasteiger partial charge < -0.3 is 9.64 Å². The van der Waals surface area contributed by atoms with Crippen LogP contribution in [0.15, 0.2) is 30.3 Å². The van der Waals surface area contributed by atoms with Gasteiger partial charge in [0.2, 0.25) is 0 Å². The number of ether oxygens (including phenoxy) is 1. The molecule has 0 amide bonds. The van der Waals surface area contributed by atoms with E-state index in [-0.39, 0.29) is 11.9 Å². The van der Waals surface area contributed by atoms with Gasteiger partial charge >= 0.3 is 5.97 Å². The minimum Gasteiger partial charge on any atom is -0.469 e. The number of carbonyl (C=O) groups is 1. The van der Waals surface area contributed by atoms with E-state index in [1.165, 1.54) is 20.0 Å². The topological polar surface area (TPSA) is 29.5 Å². The highest BCUT2D eigenvalue weighted by atomic mass is 16.5. The van der Waals surface area contributed by atoms with Crippen LogP contribution in [0, 0.1) is 5.92 Å². The van der Waals surface area contributed by atoms with Gasteiger partial charge in [0.05, 0.1) is 13.0 Å². The maximum absolute atomic E-state index is 12.1. The zero-order valence-corrected chi connectivity index (χ0v) is 12.5. The molecule has 0 radical (unpaired) electrons. The first-order valence-corrected chi connectivity index (χ1v) is 7.59. The van der Waals surface area contributed by atoms with Crippen molar-refractivity contribution in [3.8, 4) is 0 Å². The molecule has 1 aromatic rings. The summed E-state index contributed by atoms with van der Waals surface area (Å²) >= 11 is 0. The number of benzene rings is 1. The third-order valence-corrected chi connectivity index (χ3v) is 3.88. The Kier molecular flexibility index (Phi) is 5.60. The predicted octanol–water partition coefficient (Wildman–Crippen LogP) is 3.07. The fourth-order valence-corrected chi connectivity index (χ4v) is 2.64. The standard InChI is InChI=1S/C17H25NO2/c1-3-11-18(12-14-9-10-14)13-16(17(19)20-2)15-7-5-4-6-8-15/h4-8,14,16H,3,9-13H2,1-2H3. The van der Waals surface area contributed by atoms with Gasteiger partial charge in [-0.05, 0) is 37.3 Å². The van der Waals surface area contributed by atoms with Crippen LogP contribution in [0.25, 0.3) is 0 Å². The van der Waals surface area contributed by atoms with E-state index in [1.807, 2.05) is 30.3 Å². The van der Waals surface area contributed by atoms with Crippen LogP contribution in [0.1, 0.15) is 37.7 Å². The van der Waals surface area contributed by atoms with Crippen LogP contribution in [-0.4, -0.2) is 37.6 Å². The molecule has 1 aliphatic rings. The van der Waals surface area contributed by atoms with Gasteiger partial charge in [0.1, 0.15) is 0 Å².